The van der Waals surface area contributed by atoms with Gasteiger partial charge in [0.05, 0.1) is 11.0 Å². The maximum absolute atomic E-state index is 4.18. The van der Waals surface area contributed by atoms with Crippen LogP contribution in [0.5, 0.6) is 0 Å². The Labute approximate surface area is 153 Å². The van der Waals surface area contributed by atoms with E-state index in [0.717, 1.165) is 11.0 Å². The van der Waals surface area contributed by atoms with Crippen molar-refractivity contribution in [3.8, 4) is 0 Å². The monoisotopic (exact) mass is 390 g/mol. The Hall–Kier alpha value is -2.74. The van der Waals surface area contributed by atoms with E-state index in [1.807, 2.05) is 60.9 Å². The molecule has 0 atom stereocenters. The number of pyridine rings is 2. The number of fused-ring (bicyclic) bond motifs is 2. The maximum atomic E-state index is 4.18. The van der Waals surface area contributed by atoms with Crippen molar-refractivity contribution in [1.29, 1.82) is 0 Å². The van der Waals surface area contributed by atoms with Gasteiger partial charge < -0.3 is 0 Å². The van der Waals surface area contributed by atoms with E-state index in [2.05, 4.69) is 56.2 Å². The topological polar surface area (TPSA) is 25.8 Å². The summed E-state index contributed by atoms with van der Waals surface area (Å²) < 4.78 is 0. The Morgan fingerprint density at radius 3 is 1.32 bits per heavy atom. The van der Waals surface area contributed by atoms with Gasteiger partial charge in [0.1, 0.15) is 0 Å². The molecule has 0 saturated heterocycles. The Kier molecular flexibility index (Phi) is 6.52. The van der Waals surface area contributed by atoms with E-state index in [-0.39, 0.29) is 0 Å². The van der Waals surface area contributed by atoms with Crippen molar-refractivity contribution in [2.45, 2.75) is 0 Å². The summed E-state index contributed by atoms with van der Waals surface area (Å²) in [6.07, 6.45) is 3.62. The average molecular weight is 389 g/mol. The van der Waals surface area contributed by atoms with Crippen LogP contribution in [0.25, 0.3) is 21.8 Å². The minimum atomic E-state index is 0.708. The van der Waals surface area contributed by atoms with Gasteiger partial charge in [-0.1, -0.05) is 48.5 Å². The Morgan fingerprint density at radius 2 is 0.920 bits per heavy atom. The van der Waals surface area contributed by atoms with Gasteiger partial charge in [0, 0.05) is 23.2 Å². The molecule has 25 heavy (non-hydrogen) atoms. The molecular formula is C22H18N2Se. The van der Waals surface area contributed by atoms with E-state index in [0.29, 0.717) is 14.5 Å². The molecule has 5 aromatic rings. The first-order valence-corrected chi connectivity index (χ1v) is 9.98. The van der Waals surface area contributed by atoms with Crippen molar-refractivity contribution < 1.29 is 0 Å². The van der Waals surface area contributed by atoms with Crippen LogP contribution in [-0.4, -0.2) is 24.5 Å². The molecule has 2 aromatic carbocycles. The molecule has 3 aromatic heterocycles. The number of para-hydroxylation sites is 2. The molecule has 3 heterocycles. The molecule has 0 aliphatic carbocycles. The molecule has 0 N–H and O–H groups in total. The summed E-state index contributed by atoms with van der Waals surface area (Å²) in [4.78, 5) is 12.7. The predicted molar refractivity (Wildman–Crippen MR) is 107 cm³/mol. The minimum Gasteiger partial charge on any atom is -0.256 e. The third-order valence-electron chi connectivity index (χ3n) is 3.45. The fourth-order valence-corrected chi connectivity index (χ4v) is 3.21. The summed E-state index contributed by atoms with van der Waals surface area (Å²) in [6, 6.07) is 28.3. The third-order valence-corrected chi connectivity index (χ3v) is 4.77. The zero-order valence-corrected chi connectivity index (χ0v) is 15.4. The predicted octanol–water partition coefficient (Wildman–Crippen LogP) is 5.21. The van der Waals surface area contributed by atoms with Gasteiger partial charge in [-0.05, 0) is 24.3 Å². The fraction of sp³-hybridized carbons (Fsp3) is 0. The van der Waals surface area contributed by atoms with E-state index in [1.165, 1.54) is 10.8 Å². The first kappa shape index (κ1) is 17.1. The number of rotatable bonds is 0. The van der Waals surface area contributed by atoms with E-state index >= 15 is 0 Å². The summed E-state index contributed by atoms with van der Waals surface area (Å²) in [5.74, 6) is 0. The van der Waals surface area contributed by atoms with Crippen molar-refractivity contribution >= 4 is 36.3 Å². The molecule has 3 heteroatoms. The molecule has 0 saturated carbocycles. The molecular weight excluding hydrogens is 371 g/mol. The van der Waals surface area contributed by atoms with Gasteiger partial charge in [0.2, 0.25) is 0 Å². The minimum absolute atomic E-state index is 0.708. The first-order chi connectivity index (χ1) is 12.4. The van der Waals surface area contributed by atoms with Gasteiger partial charge >= 0.3 is 36.5 Å². The van der Waals surface area contributed by atoms with E-state index < -0.39 is 0 Å². The first-order valence-electron chi connectivity index (χ1n) is 8.00. The smallest absolute Gasteiger partial charge is 0.0701 e. The van der Waals surface area contributed by atoms with Gasteiger partial charge in [-0.2, -0.15) is 0 Å². The van der Waals surface area contributed by atoms with Crippen LogP contribution in [0.4, 0.5) is 0 Å². The van der Waals surface area contributed by atoms with Crippen LogP contribution in [0.15, 0.2) is 107 Å². The molecule has 0 fully saturated rings. The van der Waals surface area contributed by atoms with Crippen LogP contribution < -0.4 is 0 Å². The molecule has 0 aliphatic heterocycles. The van der Waals surface area contributed by atoms with Crippen molar-refractivity contribution in [2.75, 3.05) is 0 Å². The van der Waals surface area contributed by atoms with Crippen LogP contribution in [0.1, 0.15) is 0 Å². The van der Waals surface area contributed by atoms with Crippen molar-refractivity contribution in [3.05, 3.63) is 107 Å². The molecule has 0 spiro atoms. The summed E-state index contributed by atoms with van der Waals surface area (Å²) in [6.45, 7) is 0. The van der Waals surface area contributed by atoms with Gasteiger partial charge in [0.15, 0.2) is 0 Å². The van der Waals surface area contributed by atoms with E-state index in [9.17, 15) is 0 Å². The van der Waals surface area contributed by atoms with Crippen molar-refractivity contribution in [3.63, 3.8) is 0 Å². The Bertz CT molecular complexity index is 791. The molecule has 0 aliphatic rings. The number of hydrogen-bond acceptors (Lipinski definition) is 2. The quantitative estimate of drug-likeness (QED) is 0.340. The van der Waals surface area contributed by atoms with Gasteiger partial charge in [-0.15, -0.1) is 0 Å². The molecule has 0 unspecified atom stereocenters. The number of aromatic nitrogens is 2. The van der Waals surface area contributed by atoms with Crippen LogP contribution >= 0.6 is 0 Å². The molecule has 5 rings (SSSR count). The number of nitrogens with zero attached hydrogens (tertiary/aromatic N) is 2. The summed E-state index contributed by atoms with van der Waals surface area (Å²) in [5, 5.41) is 2.40. The standard InChI is InChI=1S/2C9H7N.C4H4Se/c2*1-2-6-9-8(4-1)5-3-7-10-9;1-2-4-5-3-1/h2*1-7H;1-4H. The second kappa shape index (κ2) is 9.53. The zero-order valence-electron chi connectivity index (χ0n) is 13.7. The second-order valence-corrected chi connectivity index (χ2v) is 6.90. The largest absolute Gasteiger partial charge is 0.256 e. The molecule has 0 bridgehead atoms. The normalized spacial score (nSPS) is 9.60. The molecule has 122 valence electrons. The van der Waals surface area contributed by atoms with Crippen molar-refractivity contribution in [1.82, 2.24) is 9.97 Å². The van der Waals surface area contributed by atoms with Gasteiger partial charge in [0.25, 0.3) is 0 Å². The van der Waals surface area contributed by atoms with Crippen LogP contribution in [0.2, 0.25) is 0 Å². The number of hydrogen-bond donors (Lipinski definition) is 0. The maximum Gasteiger partial charge on any atom is 0.0701 e. The molecule has 0 amide bonds. The molecule has 0 radical (unpaired) electrons. The van der Waals surface area contributed by atoms with Crippen LogP contribution in [0.3, 0.4) is 0 Å². The average Bonchev–Trinajstić information content (AvgIpc) is 3.29. The Balaban J connectivity index is 0.000000116. The van der Waals surface area contributed by atoms with Crippen LogP contribution in [0, 0.1) is 0 Å². The van der Waals surface area contributed by atoms with Gasteiger partial charge in [-0.25, -0.2) is 0 Å². The number of benzene rings is 2. The Morgan fingerprint density at radius 1 is 0.480 bits per heavy atom. The SMILES string of the molecule is c1cc[se]c1.c1ccc2ncccc2c1.c1ccc2ncccc2c1. The summed E-state index contributed by atoms with van der Waals surface area (Å²) in [7, 11) is 0. The summed E-state index contributed by atoms with van der Waals surface area (Å²) in [5.41, 5.74) is 2.12. The van der Waals surface area contributed by atoms with Crippen molar-refractivity contribution in [2.24, 2.45) is 0 Å². The van der Waals surface area contributed by atoms with E-state index in [1.54, 1.807) is 0 Å². The zero-order chi connectivity index (χ0) is 17.2. The second-order valence-electron chi connectivity index (χ2n) is 5.19. The van der Waals surface area contributed by atoms with E-state index in [4.69, 9.17) is 0 Å². The summed E-state index contributed by atoms with van der Waals surface area (Å²) >= 11 is 0.708. The van der Waals surface area contributed by atoms with Gasteiger partial charge in [-0.3, -0.25) is 9.97 Å². The van der Waals surface area contributed by atoms with Crippen LogP contribution in [-0.2, 0) is 0 Å². The molecule has 2 nitrogen and oxygen atoms in total. The third kappa shape index (κ3) is 5.39. The fourth-order valence-electron chi connectivity index (χ4n) is 2.26.